The number of carbonyl (C=O) groups excluding carboxylic acids is 2. The lowest BCUT2D eigenvalue weighted by molar-refractivity contribution is 0.0977. The Morgan fingerprint density at radius 1 is 0.684 bits per heavy atom. The summed E-state index contributed by atoms with van der Waals surface area (Å²) in [5.41, 5.74) is -1.30. The molecule has 0 atom stereocenters. The van der Waals surface area contributed by atoms with Crippen LogP contribution in [-0.2, 0) is 47.1 Å². The third kappa shape index (κ3) is 5.17. The molecule has 0 spiro atoms. The molecule has 2 aromatic carbocycles. The molecule has 38 heavy (non-hydrogen) atoms. The van der Waals surface area contributed by atoms with Crippen LogP contribution in [0.15, 0.2) is 40.1 Å². The Balaban J connectivity index is 2.28. The van der Waals surface area contributed by atoms with Crippen molar-refractivity contribution in [2.24, 2.45) is 0 Å². The van der Waals surface area contributed by atoms with Crippen LogP contribution in [0.25, 0.3) is 0 Å². The van der Waals surface area contributed by atoms with Gasteiger partial charge in [-0.25, -0.2) is 16.8 Å². The van der Waals surface area contributed by atoms with Crippen molar-refractivity contribution in [3.63, 3.8) is 0 Å². The van der Waals surface area contributed by atoms with Gasteiger partial charge in [0.25, 0.3) is 20.0 Å². The summed E-state index contributed by atoms with van der Waals surface area (Å²) in [6, 6.07) is 4.32. The van der Waals surface area contributed by atoms with Crippen molar-refractivity contribution in [2.45, 2.75) is 36.0 Å². The van der Waals surface area contributed by atoms with Crippen molar-refractivity contribution < 1.29 is 52.4 Å². The smallest absolute Gasteiger partial charge is 0.289 e. The number of nitrogens with zero attached hydrogens (tertiary/aromatic N) is 2. The van der Waals surface area contributed by atoms with E-state index >= 15 is 0 Å². The highest BCUT2D eigenvalue weighted by Crippen LogP contribution is 2.35. The van der Waals surface area contributed by atoms with E-state index < -0.39 is 67.6 Å². The molecule has 2 N–H and O–H groups in total. The number of rotatable bonds is 9. The van der Waals surface area contributed by atoms with Crippen LogP contribution in [0.4, 0.5) is 0 Å². The number of hydrogen-bond acceptors (Lipinski definition) is 10. The minimum absolute atomic E-state index is 0.0546. The summed E-state index contributed by atoms with van der Waals surface area (Å²) in [5.74, 6) is -1.75. The number of hydrogen-bond donors (Lipinski definition) is 2. The van der Waals surface area contributed by atoms with Crippen LogP contribution < -0.4 is 0 Å². The van der Waals surface area contributed by atoms with Crippen LogP contribution in [-0.4, -0.2) is 75.9 Å². The number of carbonyl (C=O) groups is 2. The van der Waals surface area contributed by atoms with E-state index in [2.05, 4.69) is 0 Å². The first kappa shape index (κ1) is 30.0. The van der Waals surface area contributed by atoms with Gasteiger partial charge in [0.05, 0.1) is 9.79 Å². The normalized spacial score (nSPS) is 14.6. The van der Waals surface area contributed by atoms with Gasteiger partial charge in [-0.1, -0.05) is 20.8 Å². The molecule has 1 aliphatic carbocycles. The minimum Gasteiger partial charge on any atom is -0.289 e. The minimum atomic E-state index is -5.20. The first-order chi connectivity index (χ1) is 17.3. The third-order valence-corrected chi connectivity index (χ3v) is 12.5. The summed E-state index contributed by atoms with van der Waals surface area (Å²) in [4.78, 5) is 25.5. The molecule has 0 aromatic heterocycles. The fourth-order valence-corrected chi connectivity index (χ4v) is 7.89. The zero-order chi connectivity index (χ0) is 29.0. The van der Waals surface area contributed by atoms with Crippen molar-refractivity contribution in [1.29, 1.82) is 0 Å². The third-order valence-electron chi connectivity index (χ3n) is 5.87. The molecule has 0 radical (unpaired) electrons. The maximum Gasteiger partial charge on any atom is 0.349 e. The molecule has 18 heteroatoms. The van der Waals surface area contributed by atoms with Gasteiger partial charge in [-0.05, 0) is 48.7 Å². The number of fused-ring (bicyclic) bond motifs is 2. The molecular weight excluding hydrogens is 588 g/mol. The van der Waals surface area contributed by atoms with Crippen molar-refractivity contribution in [3.8, 4) is 0 Å². The molecule has 14 nitrogen and oxygen atoms in total. The molecule has 2 aromatic rings. The second-order valence-electron chi connectivity index (χ2n) is 8.20. The maximum absolute atomic E-state index is 13.5. The largest absolute Gasteiger partial charge is 0.349 e. The molecular formula is C20H22N2O12S4. The Morgan fingerprint density at radius 2 is 1.18 bits per heavy atom. The van der Waals surface area contributed by atoms with Gasteiger partial charge in [-0.15, -0.1) is 0 Å². The second-order valence-corrected chi connectivity index (χ2v) is 15.5. The molecule has 0 aliphatic heterocycles. The molecule has 0 amide bonds. The topological polar surface area (TPSA) is 218 Å². The predicted octanol–water partition coefficient (Wildman–Crippen LogP) is 0.651. The van der Waals surface area contributed by atoms with Crippen molar-refractivity contribution in [3.05, 3.63) is 58.1 Å². The van der Waals surface area contributed by atoms with Gasteiger partial charge in [-0.3, -0.25) is 18.7 Å². The van der Waals surface area contributed by atoms with Crippen LogP contribution in [0.3, 0.4) is 0 Å². The summed E-state index contributed by atoms with van der Waals surface area (Å²) in [7, 11) is -19.0. The summed E-state index contributed by atoms with van der Waals surface area (Å²) < 4.78 is 114. The summed E-state index contributed by atoms with van der Waals surface area (Å²) in [6.45, 7) is 1.80. The maximum atomic E-state index is 13.5. The lowest BCUT2D eigenvalue weighted by atomic mass is 9.81. The van der Waals surface area contributed by atoms with Crippen molar-refractivity contribution in [2.75, 3.05) is 14.1 Å². The van der Waals surface area contributed by atoms with E-state index in [1.165, 1.54) is 0 Å². The number of ketones is 2. The first-order valence-electron chi connectivity index (χ1n) is 10.6. The van der Waals surface area contributed by atoms with Gasteiger partial charge in [-0.2, -0.15) is 16.8 Å². The molecule has 0 saturated heterocycles. The molecule has 3 rings (SSSR count). The van der Waals surface area contributed by atoms with E-state index in [1.54, 1.807) is 6.92 Å². The Bertz CT molecular complexity index is 1800. The van der Waals surface area contributed by atoms with E-state index in [-0.39, 0.29) is 36.1 Å². The highest BCUT2D eigenvalue weighted by molar-refractivity contribution is 8.02. The van der Waals surface area contributed by atoms with Crippen molar-refractivity contribution >= 4 is 52.2 Å². The van der Waals surface area contributed by atoms with Gasteiger partial charge in [0, 0.05) is 36.3 Å². The standard InChI is InChI=1S/C20H22N2O12S4/c1-4-5-6-12-9-14(36(27,28)22(3)38(32,33)34)11-17-18(12)20(24)16-10-13(7-8-15(16)19(17)23)35(25,26)21(2)37(29,30)31/h7-11H,4-6H2,1-3H3,(H,29,30,31)(H,32,33,34). The first-order valence-corrected chi connectivity index (χ1v) is 16.3. The zero-order valence-electron chi connectivity index (χ0n) is 20.0. The Hall–Kier alpha value is -2.58. The van der Waals surface area contributed by atoms with E-state index in [9.17, 15) is 47.8 Å². The Kier molecular flexibility index (Phi) is 7.78. The van der Waals surface area contributed by atoms with Crippen LogP contribution in [0, 0.1) is 0 Å². The number of unbranched alkanes of at least 4 members (excludes halogenated alkanes) is 1. The molecule has 0 bridgehead atoms. The van der Waals surface area contributed by atoms with Crippen molar-refractivity contribution in [1.82, 2.24) is 7.42 Å². The SMILES string of the molecule is CCCCc1cc(S(=O)(=O)N(C)S(=O)(=O)O)cc2c1C(=O)c1cc(S(=O)(=O)N(C)S(=O)(=O)O)ccc1C2=O. The molecule has 0 unspecified atom stereocenters. The van der Waals surface area contributed by atoms with Gasteiger partial charge < -0.3 is 0 Å². The molecule has 0 saturated carbocycles. The summed E-state index contributed by atoms with van der Waals surface area (Å²) >= 11 is 0. The van der Waals surface area contributed by atoms with Crippen LogP contribution >= 0.6 is 0 Å². The average molecular weight is 611 g/mol. The molecule has 208 valence electrons. The van der Waals surface area contributed by atoms with E-state index in [4.69, 9.17) is 4.55 Å². The van der Waals surface area contributed by atoms with Crippen LogP contribution in [0.1, 0.15) is 57.2 Å². The predicted molar refractivity (Wildman–Crippen MR) is 131 cm³/mol. The summed E-state index contributed by atoms with van der Waals surface area (Å²) in [5, 5.41) is 0. The highest BCUT2D eigenvalue weighted by Gasteiger charge is 2.38. The van der Waals surface area contributed by atoms with Gasteiger partial charge in [0.2, 0.25) is 0 Å². The Morgan fingerprint density at radius 3 is 1.68 bits per heavy atom. The quantitative estimate of drug-likeness (QED) is 0.319. The fourth-order valence-electron chi connectivity index (χ4n) is 3.73. The van der Waals surface area contributed by atoms with E-state index in [0.717, 1.165) is 30.3 Å². The van der Waals surface area contributed by atoms with Gasteiger partial charge >= 0.3 is 20.6 Å². The van der Waals surface area contributed by atoms with Crippen LogP contribution in [0.5, 0.6) is 0 Å². The number of benzene rings is 2. The highest BCUT2D eigenvalue weighted by atomic mass is 32.3. The van der Waals surface area contributed by atoms with Gasteiger partial charge in [0.1, 0.15) is 0 Å². The summed E-state index contributed by atoms with van der Waals surface area (Å²) in [6.07, 6.45) is 1.08. The van der Waals surface area contributed by atoms with Gasteiger partial charge in [0.15, 0.2) is 11.6 Å². The second kappa shape index (κ2) is 9.87. The number of aryl methyl sites for hydroxylation is 1. The lowest BCUT2D eigenvalue weighted by Gasteiger charge is -2.23. The van der Waals surface area contributed by atoms with E-state index in [0.29, 0.717) is 26.9 Å². The fraction of sp³-hybridized carbons (Fsp3) is 0.300. The molecule has 1 aliphatic rings. The monoisotopic (exact) mass is 610 g/mol. The van der Waals surface area contributed by atoms with Crippen LogP contribution in [0.2, 0.25) is 0 Å². The average Bonchev–Trinajstić information content (AvgIpc) is 2.82. The number of sulfonamides is 2. The zero-order valence-corrected chi connectivity index (χ0v) is 23.3. The Labute approximate surface area is 219 Å². The lowest BCUT2D eigenvalue weighted by Crippen LogP contribution is -2.34. The molecule has 0 fully saturated rings. The molecule has 0 heterocycles. The van der Waals surface area contributed by atoms with E-state index in [1.807, 2.05) is 0 Å².